The molecule has 0 saturated heterocycles. The molecule has 0 atom stereocenters. The molecule has 0 fully saturated rings. The van der Waals surface area contributed by atoms with Gasteiger partial charge in [0.25, 0.3) is 0 Å². The van der Waals surface area contributed by atoms with Crippen molar-refractivity contribution in [1.29, 1.82) is 0 Å². The summed E-state index contributed by atoms with van der Waals surface area (Å²) >= 11 is 2.34. The molecule has 0 N–H and O–H groups in total. The lowest BCUT2D eigenvalue weighted by atomic mass is 10.1. The topological polar surface area (TPSA) is 12.4 Å². The van der Waals surface area contributed by atoms with Crippen molar-refractivity contribution in [1.82, 2.24) is 0 Å². The van der Waals surface area contributed by atoms with Gasteiger partial charge in [0.15, 0.2) is 0 Å². The lowest BCUT2D eigenvalue weighted by Crippen LogP contribution is -2.09. The van der Waals surface area contributed by atoms with E-state index in [1.165, 1.54) is 14.7 Å². The van der Waals surface area contributed by atoms with Crippen molar-refractivity contribution in [3.8, 4) is 0 Å². The predicted octanol–water partition coefficient (Wildman–Crippen LogP) is 3.82. The summed E-state index contributed by atoms with van der Waals surface area (Å²) < 4.78 is 1.25. The van der Waals surface area contributed by atoms with Crippen LogP contribution < -0.4 is 0 Å². The SMILES string of the molecule is Cc1ccc(I)c(/C=N/C(C)(C)C)c1. The van der Waals surface area contributed by atoms with Crippen LogP contribution in [0.15, 0.2) is 23.2 Å². The first-order chi connectivity index (χ1) is 6.38. The van der Waals surface area contributed by atoms with Crippen LogP contribution in [0.4, 0.5) is 0 Å². The number of halogens is 1. The fourth-order valence-corrected chi connectivity index (χ4v) is 1.50. The first-order valence-corrected chi connectivity index (χ1v) is 5.78. The highest BCUT2D eigenvalue weighted by Gasteiger charge is 2.05. The average Bonchev–Trinajstić information content (AvgIpc) is 2.05. The molecule has 0 aromatic heterocycles. The maximum atomic E-state index is 4.50. The Morgan fingerprint density at radius 3 is 2.50 bits per heavy atom. The molecule has 0 spiro atoms. The highest BCUT2D eigenvalue weighted by Crippen LogP contribution is 2.14. The van der Waals surface area contributed by atoms with Gasteiger partial charge in [-0.05, 0) is 62.4 Å². The Hall–Kier alpha value is -0.380. The van der Waals surface area contributed by atoms with Gasteiger partial charge in [-0.15, -0.1) is 0 Å². The largest absolute Gasteiger partial charge is 0.287 e. The monoisotopic (exact) mass is 301 g/mol. The molecule has 1 nitrogen and oxygen atoms in total. The highest BCUT2D eigenvalue weighted by molar-refractivity contribution is 14.1. The van der Waals surface area contributed by atoms with Gasteiger partial charge in [-0.2, -0.15) is 0 Å². The van der Waals surface area contributed by atoms with Gasteiger partial charge in [0.05, 0.1) is 5.54 Å². The van der Waals surface area contributed by atoms with Gasteiger partial charge in [-0.25, -0.2) is 0 Å². The Balaban J connectivity index is 2.97. The summed E-state index contributed by atoms with van der Waals surface area (Å²) in [6.45, 7) is 8.41. The summed E-state index contributed by atoms with van der Waals surface area (Å²) in [5.74, 6) is 0. The molecule has 1 aromatic rings. The van der Waals surface area contributed by atoms with Crippen LogP contribution in [0, 0.1) is 10.5 Å². The van der Waals surface area contributed by atoms with Crippen LogP contribution in [-0.4, -0.2) is 11.8 Å². The van der Waals surface area contributed by atoms with E-state index < -0.39 is 0 Å². The Morgan fingerprint density at radius 1 is 1.29 bits per heavy atom. The van der Waals surface area contributed by atoms with Crippen LogP contribution in [0.25, 0.3) is 0 Å². The van der Waals surface area contributed by atoms with E-state index in [1.807, 2.05) is 6.21 Å². The third-order valence-electron chi connectivity index (χ3n) is 1.74. The van der Waals surface area contributed by atoms with Crippen LogP contribution in [0.2, 0.25) is 0 Å². The van der Waals surface area contributed by atoms with Crippen molar-refractivity contribution in [2.24, 2.45) is 4.99 Å². The summed E-state index contributed by atoms with van der Waals surface area (Å²) in [5.41, 5.74) is 2.49. The van der Waals surface area contributed by atoms with Gasteiger partial charge in [0.1, 0.15) is 0 Å². The minimum atomic E-state index is 0.00677. The molecule has 2 heteroatoms. The van der Waals surface area contributed by atoms with Crippen LogP contribution in [0.3, 0.4) is 0 Å². The summed E-state index contributed by atoms with van der Waals surface area (Å²) in [6, 6.07) is 6.41. The quantitative estimate of drug-likeness (QED) is 0.552. The smallest absolute Gasteiger partial charge is 0.0524 e. The molecule has 0 heterocycles. The molecule has 0 saturated carbocycles. The molecule has 0 bridgehead atoms. The van der Waals surface area contributed by atoms with Gasteiger partial charge >= 0.3 is 0 Å². The van der Waals surface area contributed by atoms with Crippen molar-refractivity contribution in [2.75, 3.05) is 0 Å². The summed E-state index contributed by atoms with van der Waals surface area (Å²) in [5, 5.41) is 0. The summed E-state index contributed by atoms with van der Waals surface area (Å²) in [4.78, 5) is 4.50. The fourth-order valence-electron chi connectivity index (χ4n) is 1.03. The number of rotatable bonds is 1. The van der Waals surface area contributed by atoms with Gasteiger partial charge in [0.2, 0.25) is 0 Å². The molecule has 0 unspecified atom stereocenters. The molecule has 76 valence electrons. The molecule has 0 aliphatic rings. The molecule has 1 aromatic carbocycles. The molecular formula is C12H16IN. The van der Waals surface area contributed by atoms with Crippen molar-refractivity contribution >= 4 is 28.8 Å². The van der Waals surface area contributed by atoms with E-state index in [9.17, 15) is 0 Å². The van der Waals surface area contributed by atoms with E-state index in [-0.39, 0.29) is 5.54 Å². The first kappa shape index (κ1) is 11.7. The predicted molar refractivity (Wildman–Crippen MR) is 71.2 cm³/mol. The van der Waals surface area contributed by atoms with Gasteiger partial charge < -0.3 is 0 Å². The van der Waals surface area contributed by atoms with E-state index >= 15 is 0 Å². The molecular weight excluding hydrogens is 285 g/mol. The fraction of sp³-hybridized carbons (Fsp3) is 0.417. The van der Waals surface area contributed by atoms with Gasteiger partial charge in [-0.3, -0.25) is 4.99 Å². The second-order valence-corrected chi connectivity index (χ2v) is 5.62. The zero-order valence-electron chi connectivity index (χ0n) is 9.13. The molecule has 0 radical (unpaired) electrons. The number of hydrogen-bond donors (Lipinski definition) is 0. The normalized spacial score (nSPS) is 12.4. The maximum absolute atomic E-state index is 4.50. The molecule has 1 rings (SSSR count). The number of benzene rings is 1. The Morgan fingerprint density at radius 2 is 1.93 bits per heavy atom. The first-order valence-electron chi connectivity index (χ1n) is 4.70. The van der Waals surface area contributed by atoms with Crippen molar-refractivity contribution in [2.45, 2.75) is 33.2 Å². The van der Waals surface area contributed by atoms with Crippen LogP contribution in [0.1, 0.15) is 31.9 Å². The van der Waals surface area contributed by atoms with E-state index in [4.69, 9.17) is 0 Å². The second-order valence-electron chi connectivity index (χ2n) is 4.45. The average molecular weight is 301 g/mol. The number of aryl methyl sites for hydroxylation is 1. The van der Waals surface area contributed by atoms with Crippen LogP contribution >= 0.6 is 22.6 Å². The lowest BCUT2D eigenvalue weighted by molar-refractivity contribution is 0.586. The van der Waals surface area contributed by atoms with Crippen molar-refractivity contribution < 1.29 is 0 Å². The second kappa shape index (κ2) is 4.43. The van der Waals surface area contributed by atoms with E-state index in [1.54, 1.807) is 0 Å². The third kappa shape index (κ3) is 3.78. The van der Waals surface area contributed by atoms with E-state index in [0.29, 0.717) is 0 Å². The van der Waals surface area contributed by atoms with E-state index in [2.05, 4.69) is 73.5 Å². The summed E-state index contributed by atoms with van der Waals surface area (Å²) in [6.07, 6.45) is 1.97. The zero-order valence-corrected chi connectivity index (χ0v) is 11.3. The Labute approximate surface area is 99.8 Å². The zero-order chi connectivity index (χ0) is 10.8. The minimum absolute atomic E-state index is 0.00677. The molecule has 0 aliphatic carbocycles. The number of nitrogens with zero attached hydrogens (tertiary/aromatic N) is 1. The molecule has 0 aliphatic heterocycles. The van der Waals surface area contributed by atoms with E-state index in [0.717, 1.165) is 0 Å². The molecule has 14 heavy (non-hydrogen) atoms. The summed E-state index contributed by atoms with van der Waals surface area (Å²) in [7, 11) is 0. The standard InChI is InChI=1S/C12H16IN/c1-9-5-6-11(13)10(7-9)8-14-12(2,3)4/h5-8H,1-4H3/b14-8+. The molecule has 0 amide bonds. The van der Waals surface area contributed by atoms with Crippen LogP contribution in [0.5, 0.6) is 0 Å². The Kier molecular flexibility index (Phi) is 3.70. The minimum Gasteiger partial charge on any atom is -0.287 e. The maximum Gasteiger partial charge on any atom is 0.0524 e. The third-order valence-corrected chi connectivity index (χ3v) is 2.72. The Bertz CT molecular complexity index is 348. The highest BCUT2D eigenvalue weighted by atomic mass is 127. The number of hydrogen-bond acceptors (Lipinski definition) is 1. The van der Waals surface area contributed by atoms with Gasteiger partial charge in [0, 0.05) is 15.3 Å². The van der Waals surface area contributed by atoms with Gasteiger partial charge in [-0.1, -0.05) is 11.6 Å². The van der Waals surface area contributed by atoms with Crippen LogP contribution in [-0.2, 0) is 0 Å². The van der Waals surface area contributed by atoms with Crippen molar-refractivity contribution in [3.05, 3.63) is 32.9 Å². The number of aliphatic imine (C=N–C) groups is 1. The van der Waals surface area contributed by atoms with Crippen molar-refractivity contribution in [3.63, 3.8) is 0 Å². The lowest BCUT2D eigenvalue weighted by Gasteiger charge is -2.11.